The first-order valence-electron chi connectivity index (χ1n) is 6.06. The lowest BCUT2D eigenvalue weighted by atomic mass is 9.99. The Morgan fingerprint density at radius 1 is 1.39 bits per heavy atom. The average molecular weight is 241 g/mol. The van der Waals surface area contributed by atoms with Crippen LogP contribution in [0.2, 0.25) is 0 Å². The summed E-state index contributed by atoms with van der Waals surface area (Å²) in [6.45, 7) is 2.81. The molecule has 1 atom stereocenters. The maximum absolute atomic E-state index is 5.47. The summed E-state index contributed by atoms with van der Waals surface area (Å²) < 4.78 is 2.06. The second-order valence-electron chi connectivity index (χ2n) is 4.56. The van der Waals surface area contributed by atoms with E-state index in [0.29, 0.717) is 0 Å². The van der Waals surface area contributed by atoms with Crippen LogP contribution < -0.4 is 0 Å². The molecule has 0 radical (unpaired) electrons. The van der Waals surface area contributed by atoms with Crippen molar-refractivity contribution in [2.75, 3.05) is 0 Å². The number of oxime groups is 1. The molecule has 0 saturated heterocycles. The molecule has 92 valence electrons. The van der Waals surface area contributed by atoms with Crippen LogP contribution in [-0.4, -0.2) is 15.3 Å². The van der Waals surface area contributed by atoms with Gasteiger partial charge >= 0.3 is 0 Å². The first kappa shape index (κ1) is 11.0. The highest BCUT2D eigenvalue weighted by Gasteiger charge is 2.22. The highest BCUT2D eigenvalue weighted by Crippen LogP contribution is 2.29. The first-order chi connectivity index (χ1) is 8.83. The predicted octanol–water partition coefficient (Wildman–Crippen LogP) is 2.77. The lowest BCUT2D eigenvalue weighted by Crippen LogP contribution is -2.06. The largest absolute Gasteiger partial charge is 0.387 e. The maximum atomic E-state index is 5.47. The number of hydrogen-bond acceptors (Lipinski definition) is 3. The van der Waals surface area contributed by atoms with Gasteiger partial charge in [0.05, 0.1) is 12.0 Å². The Bertz CT molecular complexity index is 560. The third-order valence-corrected chi connectivity index (χ3v) is 3.13. The van der Waals surface area contributed by atoms with Gasteiger partial charge in [-0.2, -0.15) is 0 Å². The molecule has 3 rings (SSSR count). The van der Waals surface area contributed by atoms with E-state index in [1.165, 1.54) is 11.1 Å². The third kappa shape index (κ3) is 2.14. The smallest absolute Gasteiger partial charge is 0.158 e. The van der Waals surface area contributed by atoms with Gasteiger partial charge in [-0.1, -0.05) is 29.4 Å². The van der Waals surface area contributed by atoms with Crippen LogP contribution in [0.1, 0.15) is 30.6 Å². The summed E-state index contributed by atoms with van der Waals surface area (Å²) in [6, 6.07) is 8.35. The molecule has 0 bridgehead atoms. The molecule has 0 amide bonds. The number of benzene rings is 1. The van der Waals surface area contributed by atoms with Crippen LogP contribution in [0, 0.1) is 0 Å². The van der Waals surface area contributed by atoms with Crippen LogP contribution in [-0.2, 0) is 11.4 Å². The highest BCUT2D eigenvalue weighted by atomic mass is 16.6. The van der Waals surface area contributed by atoms with Crippen LogP contribution in [0.5, 0.6) is 0 Å². The number of hydrogen-bond donors (Lipinski definition) is 0. The summed E-state index contributed by atoms with van der Waals surface area (Å²) in [5.41, 5.74) is 3.52. The second-order valence-corrected chi connectivity index (χ2v) is 4.56. The average Bonchev–Trinajstić information content (AvgIpc) is 3.02. The van der Waals surface area contributed by atoms with Gasteiger partial charge in [0.25, 0.3) is 0 Å². The van der Waals surface area contributed by atoms with Crippen molar-refractivity contribution < 1.29 is 4.84 Å². The van der Waals surface area contributed by atoms with E-state index in [4.69, 9.17) is 4.84 Å². The van der Waals surface area contributed by atoms with Gasteiger partial charge in [-0.15, -0.1) is 0 Å². The molecular weight excluding hydrogens is 226 g/mol. The fourth-order valence-electron chi connectivity index (χ4n) is 2.23. The Kier molecular flexibility index (Phi) is 2.84. The third-order valence-electron chi connectivity index (χ3n) is 3.13. The Labute approximate surface area is 106 Å². The molecule has 4 nitrogen and oxygen atoms in total. The second kappa shape index (κ2) is 4.64. The normalized spacial score (nSPS) is 18.5. The Hall–Kier alpha value is -2.10. The Balaban J connectivity index is 1.86. The quantitative estimate of drug-likeness (QED) is 0.828. The number of aromatic nitrogens is 2. The van der Waals surface area contributed by atoms with Gasteiger partial charge in [0, 0.05) is 30.9 Å². The van der Waals surface area contributed by atoms with Crippen molar-refractivity contribution in [3.05, 3.63) is 54.1 Å². The standard InChI is InChI=1S/C14H15N3O/c1-11-8-14(18-16-11)13-5-3-2-4-12(13)9-17-7-6-15-10-17/h2-7,10,14H,8-9H2,1H3/t14-/m1/s1. The van der Waals surface area contributed by atoms with Crippen molar-refractivity contribution in [2.45, 2.75) is 26.0 Å². The van der Waals surface area contributed by atoms with Crippen LogP contribution in [0.4, 0.5) is 0 Å². The molecule has 0 spiro atoms. The van der Waals surface area contributed by atoms with Gasteiger partial charge in [-0.05, 0) is 12.5 Å². The van der Waals surface area contributed by atoms with Crippen LogP contribution >= 0.6 is 0 Å². The van der Waals surface area contributed by atoms with Gasteiger partial charge < -0.3 is 9.40 Å². The molecule has 18 heavy (non-hydrogen) atoms. The SMILES string of the molecule is CC1=NO[C@@H](c2ccccc2Cn2ccnc2)C1. The zero-order valence-electron chi connectivity index (χ0n) is 10.3. The van der Waals surface area contributed by atoms with E-state index in [1.54, 1.807) is 6.20 Å². The van der Waals surface area contributed by atoms with Gasteiger partial charge in [-0.25, -0.2) is 4.98 Å². The predicted molar refractivity (Wildman–Crippen MR) is 69.3 cm³/mol. The molecule has 0 N–H and O–H groups in total. The summed E-state index contributed by atoms with van der Waals surface area (Å²) in [6.07, 6.45) is 6.52. The van der Waals surface area contributed by atoms with E-state index in [-0.39, 0.29) is 6.10 Å². The fraction of sp³-hybridized carbons (Fsp3) is 0.286. The molecule has 2 aromatic rings. The molecule has 1 aromatic carbocycles. The van der Waals surface area contributed by atoms with Gasteiger partial charge in [0.15, 0.2) is 6.10 Å². The maximum Gasteiger partial charge on any atom is 0.158 e. The van der Waals surface area contributed by atoms with E-state index >= 15 is 0 Å². The first-order valence-corrected chi connectivity index (χ1v) is 6.06. The molecule has 1 aliphatic rings. The molecule has 4 heteroatoms. The highest BCUT2D eigenvalue weighted by molar-refractivity contribution is 5.83. The lowest BCUT2D eigenvalue weighted by molar-refractivity contribution is 0.0850. The monoisotopic (exact) mass is 241 g/mol. The minimum atomic E-state index is 0.0599. The van der Waals surface area contributed by atoms with Crippen molar-refractivity contribution in [1.82, 2.24) is 9.55 Å². The minimum Gasteiger partial charge on any atom is -0.387 e. The molecule has 0 fully saturated rings. The van der Waals surface area contributed by atoms with Crippen LogP contribution in [0.3, 0.4) is 0 Å². The summed E-state index contributed by atoms with van der Waals surface area (Å²) in [5.74, 6) is 0. The summed E-state index contributed by atoms with van der Waals surface area (Å²) >= 11 is 0. The molecule has 0 aliphatic carbocycles. The minimum absolute atomic E-state index is 0.0599. The van der Waals surface area contributed by atoms with Gasteiger partial charge in [-0.3, -0.25) is 0 Å². The number of imidazole rings is 1. The Morgan fingerprint density at radius 3 is 3.00 bits per heavy atom. The van der Waals surface area contributed by atoms with Gasteiger partial charge in [0.2, 0.25) is 0 Å². The van der Waals surface area contributed by atoms with Crippen molar-refractivity contribution in [1.29, 1.82) is 0 Å². The summed E-state index contributed by atoms with van der Waals surface area (Å²) in [5, 5.41) is 4.03. The summed E-state index contributed by atoms with van der Waals surface area (Å²) in [7, 11) is 0. The lowest BCUT2D eigenvalue weighted by Gasteiger charge is -2.14. The van der Waals surface area contributed by atoms with Crippen molar-refractivity contribution in [2.24, 2.45) is 5.16 Å². The van der Waals surface area contributed by atoms with Crippen molar-refractivity contribution in [3.63, 3.8) is 0 Å². The zero-order valence-corrected chi connectivity index (χ0v) is 10.3. The molecule has 0 saturated carbocycles. The topological polar surface area (TPSA) is 39.4 Å². The van der Waals surface area contributed by atoms with Crippen LogP contribution in [0.15, 0.2) is 48.1 Å². The molecule has 1 aromatic heterocycles. The molecular formula is C14H15N3O. The van der Waals surface area contributed by atoms with E-state index < -0.39 is 0 Å². The van der Waals surface area contributed by atoms with E-state index in [0.717, 1.165) is 18.7 Å². The zero-order chi connectivity index (χ0) is 12.4. The molecule has 0 unspecified atom stereocenters. The van der Waals surface area contributed by atoms with Crippen LogP contribution in [0.25, 0.3) is 0 Å². The van der Waals surface area contributed by atoms with E-state index in [9.17, 15) is 0 Å². The van der Waals surface area contributed by atoms with E-state index in [2.05, 4.69) is 32.9 Å². The molecule has 1 aliphatic heterocycles. The molecule has 2 heterocycles. The number of rotatable bonds is 3. The van der Waals surface area contributed by atoms with Crippen molar-refractivity contribution >= 4 is 5.71 Å². The van der Waals surface area contributed by atoms with Gasteiger partial charge in [0.1, 0.15) is 0 Å². The van der Waals surface area contributed by atoms with E-state index in [1.807, 2.05) is 25.5 Å². The summed E-state index contributed by atoms with van der Waals surface area (Å²) in [4.78, 5) is 9.54. The Morgan fingerprint density at radius 2 is 2.28 bits per heavy atom. The number of nitrogens with zero attached hydrogens (tertiary/aromatic N) is 3. The van der Waals surface area contributed by atoms with Crippen molar-refractivity contribution in [3.8, 4) is 0 Å². The fourth-order valence-corrected chi connectivity index (χ4v) is 2.23.